The molecule has 0 amide bonds. The van der Waals surface area contributed by atoms with E-state index in [-0.39, 0.29) is 12.5 Å². The molecular weight excluding hydrogens is 1240 g/mol. The van der Waals surface area contributed by atoms with Crippen molar-refractivity contribution in [3.8, 4) is 0 Å². The Morgan fingerprint density at radius 2 is 0.758 bits per heavy atom. The maximum atomic E-state index is 13.0. The van der Waals surface area contributed by atoms with Crippen LogP contribution in [0.25, 0.3) is 0 Å². The molecule has 95 heavy (non-hydrogen) atoms. The molecule has 544 valence electrons. The minimum atomic E-state index is -4.97. The first-order valence-electron chi connectivity index (χ1n) is 34.5. The van der Waals surface area contributed by atoms with Crippen LogP contribution in [0.1, 0.15) is 224 Å². The summed E-state index contributed by atoms with van der Waals surface area (Å²) in [5, 5.41) is 104. The number of hydrogen-bond acceptors (Lipinski definition) is 18. The molecule has 21 nitrogen and oxygen atoms in total. The average Bonchev–Trinajstić information content (AvgIpc) is 0.779. The number of phosphoric acid groups is 1. The lowest BCUT2D eigenvalue weighted by atomic mass is 9.96. The Hall–Kier alpha value is -3.81. The molecule has 3 heterocycles. The fourth-order valence-corrected chi connectivity index (χ4v) is 12.3. The van der Waals surface area contributed by atoms with E-state index in [1.54, 1.807) is 5.57 Å². The molecule has 2 unspecified atom stereocenters. The molecule has 0 spiro atoms. The van der Waals surface area contributed by atoms with Crippen LogP contribution in [0, 0.1) is 11.8 Å². The molecule has 3 rings (SSSR count). The zero-order valence-electron chi connectivity index (χ0n) is 58.9. The van der Waals surface area contributed by atoms with E-state index in [1.165, 1.54) is 70.3 Å². The molecule has 0 aromatic rings. The van der Waals surface area contributed by atoms with E-state index in [0.29, 0.717) is 6.42 Å². The Balaban J connectivity index is 1.29. The number of rotatable bonds is 44. The lowest BCUT2D eigenvalue weighted by Crippen LogP contribution is -2.67. The number of allylic oxidation sites excluding steroid dienone is 18. The Morgan fingerprint density at radius 1 is 0.421 bits per heavy atom. The lowest BCUT2D eigenvalue weighted by Gasteiger charge is -2.47. The summed E-state index contributed by atoms with van der Waals surface area (Å²) in [6.07, 6.45) is 12.6. The van der Waals surface area contributed by atoms with Crippen molar-refractivity contribution < 1.29 is 103 Å². The van der Waals surface area contributed by atoms with E-state index in [9.17, 15) is 70.1 Å². The van der Waals surface area contributed by atoms with Gasteiger partial charge in [-0.05, 0) is 209 Å². The van der Waals surface area contributed by atoms with Crippen molar-refractivity contribution in [2.75, 3.05) is 13.2 Å². The highest BCUT2D eigenvalue weighted by atomic mass is 31.2. The summed E-state index contributed by atoms with van der Waals surface area (Å²) in [4.78, 5) is 34.4. The van der Waals surface area contributed by atoms with Crippen LogP contribution in [0.3, 0.4) is 0 Å². The molecule has 0 aliphatic carbocycles. The third kappa shape index (κ3) is 32.8. The molecule has 3 fully saturated rings. The maximum absolute atomic E-state index is 13.0. The van der Waals surface area contributed by atoms with Gasteiger partial charge in [-0.25, -0.2) is 14.2 Å². The van der Waals surface area contributed by atoms with Gasteiger partial charge in [0.25, 0.3) is 0 Å². The second-order valence-corrected chi connectivity index (χ2v) is 28.7. The predicted molar refractivity (Wildman–Crippen MR) is 366 cm³/mol. The van der Waals surface area contributed by atoms with Crippen LogP contribution in [0.4, 0.5) is 0 Å². The zero-order valence-corrected chi connectivity index (χ0v) is 59.8. The van der Waals surface area contributed by atoms with Crippen LogP contribution in [-0.4, -0.2) is 173 Å². The van der Waals surface area contributed by atoms with Crippen LogP contribution in [0.15, 0.2) is 105 Å². The van der Waals surface area contributed by atoms with E-state index in [0.717, 1.165) is 115 Å². The van der Waals surface area contributed by atoms with Gasteiger partial charge in [-0.3, -0.25) is 9.05 Å². The van der Waals surface area contributed by atoms with Gasteiger partial charge in [0, 0.05) is 0 Å². The molecule has 3 aliphatic heterocycles. The van der Waals surface area contributed by atoms with Crippen molar-refractivity contribution in [3.05, 3.63) is 105 Å². The van der Waals surface area contributed by atoms with Gasteiger partial charge >= 0.3 is 19.8 Å². The smallest absolute Gasteiger partial charge is 0.474 e. The number of aliphatic hydroxyl groups is 8. The number of carboxylic acid groups (broad SMARTS) is 2. The highest BCUT2D eigenvalue weighted by molar-refractivity contribution is 7.47. The first-order valence-corrected chi connectivity index (χ1v) is 36.0. The third-order valence-corrected chi connectivity index (χ3v) is 18.8. The number of ether oxygens (including phenoxy) is 5. The SMILES string of the molecule is C/C(=C/CC/C(C)=C\CC/C(C)=C\CC/C(C)=C\CCC(C)CCOP(=O)(O)O[C@H]1O[C@H](CO)[C@@H](O[C@@H]2O[C@H](C(=O)O)[C@@H](O[C@@H]3O[C@H](C(=O)O)[C@@H](O)[C@H](O)[C@H]3O)[C@H](O)[C@H]2O)[C@H](O)[C@H]1O)CC/C=C(/C)CC/C=C(/C)CC/C=C(/C)CC/C=C(\C)CC/C=C(\C)CCCC(C)C. The number of carbonyl (C=O) groups is 2. The van der Waals surface area contributed by atoms with Gasteiger partial charge in [0.05, 0.1) is 13.2 Å². The number of aliphatic hydroxyl groups excluding tert-OH is 8. The van der Waals surface area contributed by atoms with Gasteiger partial charge in [-0.2, -0.15) is 0 Å². The number of carboxylic acids is 2. The summed E-state index contributed by atoms with van der Waals surface area (Å²) < 4.78 is 49.8. The largest absolute Gasteiger partial charge is 0.479 e. The molecule has 0 saturated carbocycles. The molecule has 17 atom stereocenters. The van der Waals surface area contributed by atoms with E-state index in [2.05, 4.69) is 131 Å². The Kier molecular flexibility index (Phi) is 40.5. The predicted octanol–water partition coefficient (Wildman–Crippen LogP) is 12.1. The van der Waals surface area contributed by atoms with E-state index >= 15 is 0 Å². The number of aliphatic carboxylic acids is 2. The molecule has 0 aromatic heterocycles. The standard InChI is InChI=1S/C73H121O21P/c1-46(2)23-13-24-47(3)25-14-26-48(4)27-15-28-49(5)29-16-30-50(6)31-17-32-51(7)33-18-34-52(8)35-19-36-53(9)37-20-38-54(10)39-21-40-55(11)41-22-42-56(12)43-44-88-95(86,87)94-73-64(81)60(77)65(57(45-74)89-73)90-72-63(80)61(78)66(68(93-72)70(84)85)91-71-62(79)58(75)59(76)67(92-71)69(82)83/h25,27,29,31,33,35,37,39,41,46,56-68,71-81H,13-24,26,28,30,32,34,36,38,40,42-45H2,1-12H3,(H,82,83)(H,84,85)(H,86,87)/b47-25+,48-27+,49-29-,50-31-,51-33-,52-35-,53-37-,54-39-,55-41-/t56?,57-,58+,59+,60-,61-,62-,63-,64-,65-,66+,67+,68+,71-,72-,73-/m1/s1. The minimum Gasteiger partial charge on any atom is -0.479 e. The number of hydrogen-bond donors (Lipinski definition) is 11. The summed E-state index contributed by atoms with van der Waals surface area (Å²) in [7, 11) is -4.97. The van der Waals surface area contributed by atoms with Crippen molar-refractivity contribution >= 4 is 19.8 Å². The van der Waals surface area contributed by atoms with Gasteiger partial charge in [-0.15, -0.1) is 0 Å². The summed E-state index contributed by atoms with van der Waals surface area (Å²) >= 11 is 0. The maximum Gasteiger partial charge on any atom is 0.474 e. The van der Waals surface area contributed by atoms with Gasteiger partial charge in [0.15, 0.2) is 31.1 Å². The molecule has 0 radical (unpaired) electrons. The molecule has 0 aromatic carbocycles. The summed E-state index contributed by atoms with van der Waals surface area (Å²) in [5.74, 6) is -2.77. The topological polar surface area (TPSA) is 338 Å². The molecule has 0 bridgehead atoms. The van der Waals surface area contributed by atoms with Crippen LogP contribution in [0.5, 0.6) is 0 Å². The lowest BCUT2D eigenvalue weighted by molar-refractivity contribution is -0.370. The summed E-state index contributed by atoms with van der Waals surface area (Å²) in [6.45, 7) is 25.5. The molecule has 3 saturated heterocycles. The van der Waals surface area contributed by atoms with Gasteiger partial charge < -0.3 is 79.6 Å². The second kappa shape index (κ2) is 45.1. The van der Waals surface area contributed by atoms with Crippen LogP contribution in [0.2, 0.25) is 0 Å². The Bertz CT molecular complexity index is 2630. The van der Waals surface area contributed by atoms with E-state index < -0.39 is 118 Å². The highest BCUT2D eigenvalue weighted by Gasteiger charge is 2.56. The quantitative estimate of drug-likeness (QED) is 0.0199. The van der Waals surface area contributed by atoms with E-state index in [1.807, 2.05) is 6.92 Å². The number of phosphoric ester groups is 1. The first kappa shape index (κ1) is 85.4. The fraction of sp³-hybridized carbons (Fsp3) is 0.726. The Morgan fingerprint density at radius 3 is 1.14 bits per heavy atom. The van der Waals surface area contributed by atoms with E-state index in [4.69, 9.17) is 32.7 Å². The molecule has 22 heteroatoms. The highest BCUT2D eigenvalue weighted by Crippen LogP contribution is 2.47. The van der Waals surface area contributed by atoms with Crippen molar-refractivity contribution in [1.82, 2.24) is 0 Å². The summed E-state index contributed by atoms with van der Waals surface area (Å²) in [6, 6.07) is 0. The summed E-state index contributed by atoms with van der Waals surface area (Å²) in [5.41, 5.74) is 13.0. The minimum absolute atomic E-state index is 0.0764. The van der Waals surface area contributed by atoms with Crippen LogP contribution in [-0.2, 0) is 46.9 Å². The third-order valence-electron chi connectivity index (χ3n) is 17.9. The zero-order chi connectivity index (χ0) is 71.0. The van der Waals surface area contributed by atoms with Gasteiger partial charge in [0.2, 0.25) is 0 Å². The van der Waals surface area contributed by atoms with Crippen LogP contribution >= 0.6 is 7.82 Å². The molecule has 3 aliphatic rings. The average molecular weight is 1370 g/mol. The van der Waals surface area contributed by atoms with Crippen LogP contribution < -0.4 is 0 Å². The van der Waals surface area contributed by atoms with Gasteiger partial charge in [-0.1, -0.05) is 132 Å². The Labute approximate surface area is 566 Å². The second-order valence-electron chi connectivity index (χ2n) is 27.3. The first-order chi connectivity index (χ1) is 44.8. The van der Waals surface area contributed by atoms with Crippen molar-refractivity contribution in [1.29, 1.82) is 0 Å². The van der Waals surface area contributed by atoms with Crippen molar-refractivity contribution in [2.24, 2.45) is 11.8 Å². The van der Waals surface area contributed by atoms with Gasteiger partial charge in [0.1, 0.15) is 61.0 Å². The van der Waals surface area contributed by atoms with Crippen molar-refractivity contribution in [3.63, 3.8) is 0 Å². The fourth-order valence-electron chi connectivity index (χ4n) is 11.4. The molecule has 11 N–H and O–H groups in total. The molecular formula is C73H121O21P. The monoisotopic (exact) mass is 1360 g/mol. The van der Waals surface area contributed by atoms with Crippen molar-refractivity contribution in [2.45, 2.75) is 316 Å². The normalized spacial score (nSPS) is 29.3.